The van der Waals surface area contributed by atoms with E-state index in [9.17, 15) is 8.42 Å². The number of hydrogen-bond donors (Lipinski definition) is 1. The summed E-state index contributed by atoms with van der Waals surface area (Å²) in [6.45, 7) is 5.55. The van der Waals surface area contributed by atoms with Crippen LogP contribution >= 0.6 is 11.3 Å². The fourth-order valence-corrected chi connectivity index (χ4v) is 5.23. The molecule has 3 rings (SSSR count). The van der Waals surface area contributed by atoms with Gasteiger partial charge in [0.1, 0.15) is 10.6 Å². The lowest BCUT2D eigenvalue weighted by Gasteiger charge is -2.20. The Balaban J connectivity index is 1.94. The largest absolute Gasteiger partial charge is 0.495 e. The molecule has 0 saturated carbocycles. The van der Waals surface area contributed by atoms with Gasteiger partial charge in [-0.3, -0.25) is 4.72 Å². The van der Waals surface area contributed by atoms with E-state index < -0.39 is 10.0 Å². The average Bonchev–Trinajstić information content (AvgIpc) is 2.89. The Morgan fingerprint density at radius 2 is 2.00 bits per heavy atom. The minimum Gasteiger partial charge on any atom is -0.495 e. The highest BCUT2D eigenvalue weighted by molar-refractivity contribution is 7.93. The van der Waals surface area contributed by atoms with Crippen LogP contribution in [0.2, 0.25) is 0 Å². The summed E-state index contributed by atoms with van der Waals surface area (Å²) in [6.07, 6.45) is 0.844. The van der Waals surface area contributed by atoms with Gasteiger partial charge in [-0.05, 0) is 44.2 Å². The number of aryl methyl sites for hydroxylation is 2. The van der Waals surface area contributed by atoms with Crippen molar-refractivity contribution in [2.45, 2.75) is 31.7 Å². The molecule has 0 radical (unpaired) electrons. The van der Waals surface area contributed by atoms with Crippen LogP contribution in [-0.4, -0.2) is 39.0 Å². The molecule has 0 unspecified atom stereocenters. The van der Waals surface area contributed by atoms with E-state index in [-0.39, 0.29) is 4.90 Å². The van der Waals surface area contributed by atoms with E-state index in [1.54, 1.807) is 12.1 Å². The molecular weight excluding hydrogens is 346 g/mol. The van der Waals surface area contributed by atoms with Crippen molar-refractivity contribution in [1.82, 2.24) is 9.88 Å². The van der Waals surface area contributed by atoms with Gasteiger partial charge >= 0.3 is 0 Å². The molecule has 0 fully saturated rings. The fourth-order valence-electron chi connectivity index (χ4n) is 2.67. The summed E-state index contributed by atoms with van der Waals surface area (Å²) in [5.74, 6) is 0.339. The second-order valence-corrected chi connectivity index (χ2v) is 8.80. The maximum atomic E-state index is 12.8. The van der Waals surface area contributed by atoms with Gasteiger partial charge in [0, 0.05) is 24.4 Å². The monoisotopic (exact) mass is 367 g/mol. The number of ether oxygens (including phenoxy) is 1. The number of sulfonamides is 1. The van der Waals surface area contributed by atoms with Gasteiger partial charge in [0.25, 0.3) is 10.0 Å². The predicted molar refractivity (Wildman–Crippen MR) is 95.4 cm³/mol. The Morgan fingerprint density at radius 1 is 1.29 bits per heavy atom. The standard InChI is InChI=1S/C16H21N3O3S2/c1-10-7-13(22-4)15(8-11(10)2)24(20,21)18-16-17-12-5-6-19(3)9-14(12)23-16/h7-8H,5-6,9H2,1-4H3,(H,17,18). The summed E-state index contributed by atoms with van der Waals surface area (Å²) >= 11 is 1.40. The number of aromatic nitrogens is 1. The van der Waals surface area contributed by atoms with Gasteiger partial charge < -0.3 is 9.64 Å². The van der Waals surface area contributed by atoms with E-state index >= 15 is 0 Å². The van der Waals surface area contributed by atoms with Crippen LogP contribution in [0.5, 0.6) is 5.75 Å². The lowest BCUT2D eigenvalue weighted by molar-refractivity contribution is 0.314. The third kappa shape index (κ3) is 3.26. The first kappa shape index (κ1) is 17.2. The van der Waals surface area contributed by atoms with Crippen LogP contribution in [0.4, 0.5) is 5.13 Å². The zero-order valence-corrected chi connectivity index (χ0v) is 15.8. The molecule has 2 aromatic rings. The topological polar surface area (TPSA) is 71.5 Å². The second-order valence-electron chi connectivity index (χ2n) is 6.07. The molecule has 1 aliphatic rings. The Labute approximate surface area is 146 Å². The average molecular weight is 367 g/mol. The molecule has 0 spiro atoms. The van der Waals surface area contributed by atoms with E-state index in [0.29, 0.717) is 10.9 Å². The van der Waals surface area contributed by atoms with Gasteiger partial charge in [-0.15, -0.1) is 0 Å². The molecular formula is C16H21N3O3S2. The van der Waals surface area contributed by atoms with Crippen molar-refractivity contribution in [2.24, 2.45) is 0 Å². The van der Waals surface area contributed by atoms with Crippen molar-refractivity contribution in [3.8, 4) is 5.75 Å². The van der Waals surface area contributed by atoms with Gasteiger partial charge in [-0.25, -0.2) is 13.4 Å². The molecule has 0 bridgehead atoms. The van der Waals surface area contributed by atoms with E-state index in [0.717, 1.165) is 41.2 Å². The van der Waals surface area contributed by atoms with E-state index in [1.165, 1.54) is 18.4 Å². The SMILES string of the molecule is COc1cc(C)c(C)cc1S(=O)(=O)Nc1nc2c(s1)CN(C)CC2. The number of likely N-dealkylation sites (N-methyl/N-ethyl adjacent to an activating group) is 1. The first-order valence-corrected chi connectivity index (χ1v) is 9.95. The lowest BCUT2D eigenvalue weighted by Crippen LogP contribution is -2.25. The minimum atomic E-state index is -3.75. The molecule has 8 heteroatoms. The van der Waals surface area contributed by atoms with Crippen LogP contribution < -0.4 is 9.46 Å². The number of fused-ring (bicyclic) bond motifs is 1. The molecule has 1 N–H and O–H groups in total. The van der Waals surface area contributed by atoms with E-state index in [1.807, 2.05) is 20.9 Å². The summed E-state index contributed by atoms with van der Waals surface area (Å²) in [5.41, 5.74) is 2.87. The normalized spacial score (nSPS) is 15.2. The van der Waals surface area contributed by atoms with Crippen LogP contribution in [0.15, 0.2) is 17.0 Å². The van der Waals surface area contributed by atoms with Crippen LogP contribution in [0.25, 0.3) is 0 Å². The molecule has 130 valence electrons. The minimum absolute atomic E-state index is 0.137. The Morgan fingerprint density at radius 3 is 2.71 bits per heavy atom. The van der Waals surface area contributed by atoms with Crippen LogP contribution in [0.1, 0.15) is 21.7 Å². The number of nitrogens with one attached hydrogen (secondary N) is 1. The molecule has 0 atom stereocenters. The van der Waals surface area contributed by atoms with Gasteiger partial charge in [-0.1, -0.05) is 11.3 Å². The van der Waals surface area contributed by atoms with Crippen molar-refractivity contribution in [1.29, 1.82) is 0 Å². The summed E-state index contributed by atoms with van der Waals surface area (Å²) in [4.78, 5) is 7.91. The lowest BCUT2D eigenvalue weighted by atomic mass is 10.1. The highest BCUT2D eigenvalue weighted by Gasteiger charge is 2.24. The molecule has 1 aromatic carbocycles. The van der Waals surface area contributed by atoms with Gasteiger partial charge in [0.15, 0.2) is 5.13 Å². The molecule has 0 aliphatic carbocycles. The van der Waals surface area contributed by atoms with Gasteiger partial charge in [-0.2, -0.15) is 0 Å². The molecule has 24 heavy (non-hydrogen) atoms. The molecule has 2 heterocycles. The zero-order valence-electron chi connectivity index (χ0n) is 14.2. The van der Waals surface area contributed by atoms with Crippen LogP contribution in [0, 0.1) is 13.8 Å². The second kappa shape index (κ2) is 6.34. The Kier molecular flexibility index (Phi) is 4.54. The first-order chi connectivity index (χ1) is 11.3. The van der Waals surface area contributed by atoms with Crippen molar-refractivity contribution in [2.75, 3.05) is 25.4 Å². The van der Waals surface area contributed by atoms with Gasteiger partial charge in [0.2, 0.25) is 0 Å². The van der Waals surface area contributed by atoms with Crippen LogP contribution in [-0.2, 0) is 23.0 Å². The van der Waals surface area contributed by atoms with Crippen molar-refractivity contribution in [3.05, 3.63) is 33.8 Å². The highest BCUT2D eigenvalue weighted by atomic mass is 32.2. The number of thiazole rings is 1. The van der Waals surface area contributed by atoms with Crippen molar-refractivity contribution >= 4 is 26.5 Å². The molecule has 1 aliphatic heterocycles. The predicted octanol–water partition coefficient (Wildman–Crippen LogP) is 2.56. The maximum Gasteiger partial charge on any atom is 0.267 e. The smallest absolute Gasteiger partial charge is 0.267 e. The first-order valence-electron chi connectivity index (χ1n) is 7.65. The van der Waals surface area contributed by atoms with Crippen LogP contribution in [0.3, 0.4) is 0 Å². The van der Waals surface area contributed by atoms with Crippen molar-refractivity contribution in [3.63, 3.8) is 0 Å². The number of anilines is 1. The van der Waals surface area contributed by atoms with Gasteiger partial charge in [0.05, 0.1) is 12.8 Å². The quantitative estimate of drug-likeness (QED) is 0.899. The summed E-state index contributed by atoms with van der Waals surface area (Å²) in [6, 6.07) is 3.38. The molecule has 0 saturated heterocycles. The van der Waals surface area contributed by atoms with E-state index in [2.05, 4.69) is 14.6 Å². The summed E-state index contributed by atoms with van der Waals surface area (Å²) in [7, 11) is -0.228. The van der Waals surface area contributed by atoms with Crippen molar-refractivity contribution < 1.29 is 13.2 Å². The number of methoxy groups -OCH3 is 1. The highest BCUT2D eigenvalue weighted by Crippen LogP contribution is 2.32. The molecule has 6 nitrogen and oxygen atoms in total. The summed E-state index contributed by atoms with van der Waals surface area (Å²) in [5, 5.41) is 0.413. The zero-order chi connectivity index (χ0) is 17.5. The fraction of sp³-hybridized carbons (Fsp3) is 0.438. The maximum absolute atomic E-state index is 12.8. The molecule has 1 aromatic heterocycles. The summed E-state index contributed by atoms with van der Waals surface area (Å²) < 4.78 is 33.4. The number of rotatable bonds is 4. The number of benzene rings is 1. The van der Waals surface area contributed by atoms with E-state index in [4.69, 9.17) is 4.74 Å². The number of hydrogen-bond acceptors (Lipinski definition) is 6. The Bertz CT molecular complexity index is 875. The Hall–Kier alpha value is -1.64. The molecule has 0 amide bonds. The third-order valence-electron chi connectivity index (χ3n) is 4.21. The number of nitrogens with zero attached hydrogens (tertiary/aromatic N) is 2. The third-order valence-corrected chi connectivity index (χ3v) is 6.70.